The van der Waals surface area contributed by atoms with Crippen LogP contribution in [0.1, 0.15) is 39.5 Å². The molecule has 1 fully saturated rings. The molecule has 0 aliphatic carbocycles. The average molecular weight is 169 g/mol. The molecule has 0 bridgehead atoms. The highest BCUT2D eigenvalue weighted by atomic mass is 16.1. The molecule has 0 aromatic carbocycles. The topological polar surface area (TPSA) is 20.3 Å². The molecule has 1 heterocycles. The van der Waals surface area contributed by atoms with Crippen LogP contribution in [0, 0.1) is 0 Å². The lowest BCUT2D eigenvalue weighted by Gasteiger charge is -2.25. The van der Waals surface area contributed by atoms with E-state index in [1.54, 1.807) is 6.92 Å². The van der Waals surface area contributed by atoms with E-state index < -0.39 is 0 Å². The van der Waals surface area contributed by atoms with Crippen LogP contribution in [0.15, 0.2) is 0 Å². The lowest BCUT2D eigenvalue weighted by molar-refractivity contribution is -0.121. The first-order valence-corrected chi connectivity index (χ1v) is 4.96. The highest BCUT2D eigenvalue weighted by Gasteiger charge is 2.18. The van der Waals surface area contributed by atoms with Crippen molar-refractivity contribution >= 4 is 5.78 Å². The Hall–Kier alpha value is -0.370. The summed E-state index contributed by atoms with van der Waals surface area (Å²) in [5, 5.41) is 0. The fourth-order valence-electron chi connectivity index (χ4n) is 1.74. The van der Waals surface area contributed by atoms with Crippen molar-refractivity contribution in [1.82, 2.24) is 4.90 Å². The van der Waals surface area contributed by atoms with E-state index in [1.807, 2.05) is 6.92 Å². The summed E-state index contributed by atoms with van der Waals surface area (Å²) in [6.07, 6.45) is 5.19. The second-order valence-corrected chi connectivity index (χ2v) is 3.74. The molecule has 0 unspecified atom stereocenters. The second kappa shape index (κ2) is 4.61. The molecule has 0 saturated carbocycles. The zero-order chi connectivity index (χ0) is 8.97. The molecule has 0 spiro atoms. The summed E-state index contributed by atoms with van der Waals surface area (Å²) in [5.41, 5.74) is 0. The monoisotopic (exact) mass is 169 g/mol. The lowest BCUT2D eigenvalue weighted by atomic mass is 10.2. The Kier molecular flexibility index (Phi) is 3.73. The van der Waals surface area contributed by atoms with Gasteiger partial charge in [0.25, 0.3) is 0 Å². The van der Waals surface area contributed by atoms with Gasteiger partial charge in [0.1, 0.15) is 5.78 Å². The molecule has 0 amide bonds. The molecule has 1 rings (SSSR count). The average Bonchev–Trinajstić information content (AvgIpc) is 2.30. The molecule has 0 aromatic heterocycles. The van der Waals surface area contributed by atoms with E-state index in [9.17, 15) is 4.79 Å². The number of likely N-dealkylation sites (tertiary alicyclic amines) is 1. The van der Waals surface area contributed by atoms with Crippen LogP contribution in [0.4, 0.5) is 0 Å². The van der Waals surface area contributed by atoms with Crippen molar-refractivity contribution in [2.45, 2.75) is 45.6 Å². The largest absolute Gasteiger partial charge is 0.298 e. The van der Waals surface area contributed by atoms with Crippen LogP contribution >= 0.6 is 0 Å². The summed E-state index contributed by atoms with van der Waals surface area (Å²) < 4.78 is 0. The Morgan fingerprint density at radius 3 is 2.08 bits per heavy atom. The van der Waals surface area contributed by atoms with E-state index in [1.165, 1.54) is 25.7 Å². The third-order valence-electron chi connectivity index (χ3n) is 2.78. The number of carbonyl (C=O) groups is 1. The Morgan fingerprint density at radius 2 is 1.67 bits per heavy atom. The van der Waals surface area contributed by atoms with E-state index in [2.05, 4.69) is 4.90 Å². The third kappa shape index (κ3) is 2.59. The molecule has 1 saturated heterocycles. The van der Waals surface area contributed by atoms with E-state index in [0.29, 0.717) is 5.78 Å². The number of ketones is 1. The fourth-order valence-corrected chi connectivity index (χ4v) is 1.74. The zero-order valence-corrected chi connectivity index (χ0v) is 8.18. The van der Waals surface area contributed by atoms with E-state index in [0.717, 1.165) is 13.1 Å². The maximum absolute atomic E-state index is 11.1. The van der Waals surface area contributed by atoms with Crippen molar-refractivity contribution in [2.75, 3.05) is 13.1 Å². The second-order valence-electron chi connectivity index (χ2n) is 3.74. The molecular weight excluding hydrogens is 150 g/mol. The molecule has 70 valence electrons. The smallest absolute Gasteiger partial charge is 0.146 e. The number of rotatable bonds is 2. The van der Waals surface area contributed by atoms with Gasteiger partial charge < -0.3 is 0 Å². The van der Waals surface area contributed by atoms with E-state index >= 15 is 0 Å². The minimum Gasteiger partial charge on any atom is -0.298 e. The van der Waals surface area contributed by atoms with Gasteiger partial charge in [0, 0.05) is 0 Å². The maximum Gasteiger partial charge on any atom is 0.146 e. The van der Waals surface area contributed by atoms with Crippen molar-refractivity contribution in [1.29, 1.82) is 0 Å². The van der Waals surface area contributed by atoms with Gasteiger partial charge in [-0.05, 0) is 39.8 Å². The van der Waals surface area contributed by atoms with Crippen LogP contribution in [0.5, 0.6) is 0 Å². The van der Waals surface area contributed by atoms with Crippen molar-refractivity contribution in [3.63, 3.8) is 0 Å². The van der Waals surface area contributed by atoms with Crippen LogP contribution in [0.2, 0.25) is 0 Å². The lowest BCUT2D eigenvalue weighted by Crippen LogP contribution is -2.38. The molecule has 1 aliphatic rings. The van der Waals surface area contributed by atoms with Crippen molar-refractivity contribution < 1.29 is 4.79 Å². The Labute approximate surface area is 74.9 Å². The Balaban J connectivity index is 2.42. The SMILES string of the molecule is CC(=O)[C@H](C)N1CCCCCC1. The molecule has 1 atom stereocenters. The highest BCUT2D eigenvalue weighted by Crippen LogP contribution is 2.12. The summed E-state index contributed by atoms with van der Waals surface area (Å²) in [4.78, 5) is 13.4. The number of hydrogen-bond acceptors (Lipinski definition) is 2. The highest BCUT2D eigenvalue weighted by molar-refractivity contribution is 5.80. The maximum atomic E-state index is 11.1. The summed E-state index contributed by atoms with van der Waals surface area (Å²) >= 11 is 0. The Morgan fingerprint density at radius 1 is 1.17 bits per heavy atom. The van der Waals surface area contributed by atoms with Gasteiger partial charge in [-0.3, -0.25) is 9.69 Å². The van der Waals surface area contributed by atoms with E-state index in [4.69, 9.17) is 0 Å². The van der Waals surface area contributed by atoms with Gasteiger partial charge in [-0.2, -0.15) is 0 Å². The quantitative estimate of drug-likeness (QED) is 0.628. The number of hydrogen-bond donors (Lipinski definition) is 0. The Bertz CT molecular complexity index is 148. The van der Waals surface area contributed by atoms with Gasteiger partial charge in [-0.15, -0.1) is 0 Å². The minimum atomic E-state index is 0.142. The predicted octanol–water partition coefficient (Wildman–Crippen LogP) is 1.84. The first-order chi connectivity index (χ1) is 5.72. The summed E-state index contributed by atoms with van der Waals surface area (Å²) in [5.74, 6) is 0.303. The van der Waals surface area contributed by atoms with Gasteiger partial charge in [0.15, 0.2) is 0 Å². The van der Waals surface area contributed by atoms with Gasteiger partial charge in [-0.25, -0.2) is 0 Å². The van der Waals surface area contributed by atoms with Crippen molar-refractivity contribution in [3.05, 3.63) is 0 Å². The number of nitrogens with zero attached hydrogens (tertiary/aromatic N) is 1. The fraction of sp³-hybridized carbons (Fsp3) is 0.900. The van der Waals surface area contributed by atoms with Gasteiger partial charge in [0.05, 0.1) is 6.04 Å². The summed E-state index contributed by atoms with van der Waals surface area (Å²) in [6.45, 7) is 5.94. The van der Waals surface area contributed by atoms with Crippen LogP contribution < -0.4 is 0 Å². The van der Waals surface area contributed by atoms with Crippen LogP contribution in [0.25, 0.3) is 0 Å². The first kappa shape index (κ1) is 9.72. The van der Waals surface area contributed by atoms with Gasteiger partial charge in [0.2, 0.25) is 0 Å². The molecular formula is C10H19NO. The molecule has 0 radical (unpaired) electrons. The molecule has 2 heteroatoms. The molecule has 12 heavy (non-hydrogen) atoms. The van der Waals surface area contributed by atoms with Gasteiger partial charge in [-0.1, -0.05) is 12.8 Å². The molecule has 0 N–H and O–H groups in total. The van der Waals surface area contributed by atoms with Crippen LogP contribution in [-0.4, -0.2) is 29.8 Å². The normalized spacial score (nSPS) is 23.2. The van der Waals surface area contributed by atoms with Crippen LogP contribution in [-0.2, 0) is 4.79 Å². The summed E-state index contributed by atoms with van der Waals surface area (Å²) in [6, 6.07) is 0.142. The standard InChI is InChI=1S/C10H19NO/c1-9(10(2)12)11-7-5-3-4-6-8-11/h9H,3-8H2,1-2H3/t9-/m0/s1. The van der Waals surface area contributed by atoms with Crippen LogP contribution in [0.3, 0.4) is 0 Å². The molecule has 2 nitrogen and oxygen atoms in total. The van der Waals surface area contributed by atoms with E-state index in [-0.39, 0.29) is 6.04 Å². The minimum absolute atomic E-state index is 0.142. The number of Topliss-reactive ketones (excluding diaryl/α,β-unsaturated/α-hetero) is 1. The zero-order valence-electron chi connectivity index (χ0n) is 8.18. The first-order valence-electron chi connectivity index (χ1n) is 4.96. The van der Waals surface area contributed by atoms with Gasteiger partial charge >= 0.3 is 0 Å². The third-order valence-corrected chi connectivity index (χ3v) is 2.78. The van der Waals surface area contributed by atoms with Crippen molar-refractivity contribution in [2.24, 2.45) is 0 Å². The molecule has 0 aromatic rings. The number of carbonyl (C=O) groups excluding carboxylic acids is 1. The summed E-state index contributed by atoms with van der Waals surface area (Å²) in [7, 11) is 0. The predicted molar refractivity (Wildman–Crippen MR) is 50.2 cm³/mol. The molecule has 1 aliphatic heterocycles. The van der Waals surface area contributed by atoms with Crippen molar-refractivity contribution in [3.8, 4) is 0 Å².